The van der Waals surface area contributed by atoms with Crippen LogP contribution in [0.4, 0.5) is 0 Å². The molecule has 0 saturated heterocycles. The first-order valence-electron chi connectivity index (χ1n) is 6.40. The van der Waals surface area contributed by atoms with E-state index in [2.05, 4.69) is 16.2 Å². The van der Waals surface area contributed by atoms with Crippen LogP contribution in [0.15, 0.2) is 53.7 Å². The van der Waals surface area contributed by atoms with E-state index < -0.39 is 0 Å². The molecule has 20 heavy (non-hydrogen) atoms. The highest BCUT2D eigenvalue weighted by Gasteiger charge is 2.23. The zero-order valence-corrected chi connectivity index (χ0v) is 12.1. The molecular formula is C15H15ClN4. The Morgan fingerprint density at radius 1 is 1.15 bits per heavy atom. The summed E-state index contributed by atoms with van der Waals surface area (Å²) in [5, 5.41) is 5.19. The largest absolute Gasteiger partial charge is 0.352 e. The molecule has 2 aromatic rings. The molecule has 1 aliphatic heterocycles. The maximum absolute atomic E-state index is 6.17. The van der Waals surface area contributed by atoms with Crippen molar-refractivity contribution in [3.8, 4) is 11.4 Å². The molecule has 0 N–H and O–H groups in total. The van der Waals surface area contributed by atoms with E-state index in [1.165, 1.54) is 0 Å². The SMILES string of the molecule is CN1C(Cl)=CC=CC1c1nc(-c2ccccc2)nn1C. The number of hydrogen-bond donors (Lipinski definition) is 0. The Balaban J connectivity index is 1.98. The van der Waals surface area contributed by atoms with Crippen molar-refractivity contribution in [2.75, 3.05) is 7.05 Å². The van der Waals surface area contributed by atoms with E-state index >= 15 is 0 Å². The molecule has 0 saturated carbocycles. The van der Waals surface area contributed by atoms with Crippen LogP contribution in [0.2, 0.25) is 0 Å². The number of aromatic nitrogens is 3. The number of nitrogens with zero attached hydrogens (tertiary/aromatic N) is 4. The lowest BCUT2D eigenvalue weighted by atomic mass is 10.2. The summed E-state index contributed by atoms with van der Waals surface area (Å²) in [6.45, 7) is 0. The summed E-state index contributed by atoms with van der Waals surface area (Å²) in [6.07, 6.45) is 5.88. The van der Waals surface area contributed by atoms with Crippen LogP contribution in [0, 0.1) is 0 Å². The van der Waals surface area contributed by atoms with Gasteiger partial charge in [-0.05, 0) is 6.08 Å². The highest BCUT2D eigenvalue weighted by Crippen LogP contribution is 2.29. The van der Waals surface area contributed by atoms with Crippen molar-refractivity contribution < 1.29 is 0 Å². The monoisotopic (exact) mass is 286 g/mol. The Morgan fingerprint density at radius 3 is 2.65 bits per heavy atom. The second kappa shape index (κ2) is 5.13. The van der Waals surface area contributed by atoms with E-state index in [0.29, 0.717) is 5.16 Å². The second-order valence-electron chi connectivity index (χ2n) is 4.71. The van der Waals surface area contributed by atoms with Gasteiger partial charge in [0, 0.05) is 19.7 Å². The summed E-state index contributed by atoms with van der Waals surface area (Å²) in [5.74, 6) is 1.60. The van der Waals surface area contributed by atoms with Gasteiger partial charge in [-0.2, -0.15) is 5.10 Å². The molecule has 1 aliphatic rings. The maximum atomic E-state index is 6.17. The minimum absolute atomic E-state index is 0.00228. The standard InChI is InChI=1S/C15H15ClN4/c1-19-12(9-6-10-13(19)16)15-17-14(18-20(15)2)11-7-4-3-5-8-11/h3-10,12H,1-2H3. The van der Waals surface area contributed by atoms with Crippen molar-refractivity contribution >= 4 is 11.6 Å². The van der Waals surface area contributed by atoms with E-state index in [1.807, 2.05) is 66.2 Å². The van der Waals surface area contributed by atoms with Crippen LogP contribution in [-0.2, 0) is 7.05 Å². The van der Waals surface area contributed by atoms with Crippen LogP contribution < -0.4 is 0 Å². The van der Waals surface area contributed by atoms with Gasteiger partial charge < -0.3 is 4.90 Å². The van der Waals surface area contributed by atoms with E-state index in [0.717, 1.165) is 17.2 Å². The Hall–Kier alpha value is -2.07. The zero-order valence-electron chi connectivity index (χ0n) is 11.4. The van der Waals surface area contributed by atoms with Gasteiger partial charge in [0.1, 0.15) is 11.2 Å². The van der Waals surface area contributed by atoms with E-state index in [9.17, 15) is 0 Å². The molecule has 102 valence electrons. The minimum atomic E-state index is 0.00228. The van der Waals surface area contributed by atoms with Crippen molar-refractivity contribution in [3.63, 3.8) is 0 Å². The third-order valence-corrected chi connectivity index (χ3v) is 3.77. The molecule has 0 bridgehead atoms. The molecule has 0 radical (unpaired) electrons. The first-order valence-corrected chi connectivity index (χ1v) is 6.78. The highest BCUT2D eigenvalue weighted by atomic mass is 35.5. The summed E-state index contributed by atoms with van der Waals surface area (Å²) < 4.78 is 1.81. The van der Waals surface area contributed by atoms with Gasteiger partial charge in [0.15, 0.2) is 11.6 Å². The summed E-state index contributed by atoms with van der Waals surface area (Å²) in [4.78, 5) is 6.63. The summed E-state index contributed by atoms with van der Waals surface area (Å²) in [5.41, 5.74) is 1.01. The molecule has 0 fully saturated rings. The van der Waals surface area contributed by atoms with Crippen molar-refractivity contribution in [2.24, 2.45) is 7.05 Å². The summed E-state index contributed by atoms with van der Waals surface area (Å²) in [7, 11) is 3.85. The number of halogens is 1. The van der Waals surface area contributed by atoms with Crippen LogP contribution in [0.25, 0.3) is 11.4 Å². The average Bonchev–Trinajstić information content (AvgIpc) is 2.85. The van der Waals surface area contributed by atoms with Gasteiger partial charge in [-0.3, -0.25) is 4.68 Å². The maximum Gasteiger partial charge on any atom is 0.181 e. The molecule has 1 aromatic heterocycles. The molecule has 1 atom stereocenters. The third kappa shape index (κ3) is 2.23. The van der Waals surface area contributed by atoms with E-state index in [1.54, 1.807) is 0 Å². The first-order chi connectivity index (χ1) is 9.66. The van der Waals surface area contributed by atoms with Crippen molar-refractivity contribution in [1.29, 1.82) is 0 Å². The number of hydrogen-bond acceptors (Lipinski definition) is 3. The van der Waals surface area contributed by atoms with E-state index in [4.69, 9.17) is 11.6 Å². The van der Waals surface area contributed by atoms with Crippen LogP contribution in [0.5, 0.6) is 0 Å². The van der Waals surface area contributed by atoms with Crippen LogP contribution in [0.3, 0.4) is 0 Å². The van der Waals surface area contributed by atoms with Crippen molar-refractivity contribution in [3.05, 3.63) is 59.5 Å². The lowest BCUT2D eigenvalue weighted by Gasteiger charge is -2.27. The average molecular weight is 287 g/mol. The molecule has 4 nitrogen and oxygen atoms in total. The number of aryl methyl sites for hydroxylation is 1. The van der Waals surface area contributed by atoms with Crippen molar-refractivity contribution in [2.45, 2.75) is 6.04 Å². The molecule has 3 rings (SSSR count). The molecule has 2 heterocycles. The van der Waals surface area contributed by atoms with Gasteiger partial charge >= 0.3 is 0 Å². The zero-order chi connectivity index (χ0) is 14.1. The predicted molar refractivity (Wildman–Crippen MR) is 80.0 cm³/mol. The smallest absolute Gasteiger partial charge is 0.181 e. The Labute approximate surface area is 123 Å². The number of benzene rings is 1. The normalized spacial score (nSPS) is 18.2. The fourth-order valence-electron chi connectivity index (χ4n) is 2.24. The van der Waals surface area contributed by atoms with Gasteiger partial charge in [0.05, 0.1) is 0 Å². The van der Waals surface area contributed by atoms with Crippen LogP contribution >= 0.6 is 11.6 Å². The molecule has 1 unspecified atom stereocenters. The molecular weight excluding hydrogens is 272 g/mol. The number of allylic oxidation sites excluding steroid dienone is 2. The number of likely N-dealkylation sites (N-methyl/N-ethyl adjacent to an activating group) is 1. The first kappa shape index (κ1) is 12.9. The van der Waals surface area contributed by atoms with Gasteiger partial charge in [-0.1, -0.05) is 54.1 Å². The lowest BCUT2D eigenvalue weighted by Crippen LogP contribution is -2.24. The fourth-order valence-corrected chi connectivity index (χ4v) is 2.42. The van der Waals surface area contributed by atoms with Gasteiger partial charge in [-0.25, -0.2) is 4.98 Å². The van der Waals surface area contributed by atoms with Crippen LogP contribution in [0.1, 0.15) is 11.9 Å². The third-order valence-electron chi connectivity index (χ3n) is 3.37. The molecule has 1 aromatic carbocycles. The van der Waals surface area contributed by atoms with Crippen molar-refractivity contribution in [1.82, 2.24) is 19.7 Å². The Morgan fingerprint density at radius 2 is 1.90 bits per heavy atom. The quantitative estimate of drug-likeness (QED) is 0.796. The topological polar surface area (TPSA) is 34.0 Å². The van der Waals surface area contributed by atoms with Gasteiger partial charge in [0.25, 0.3) is 0 Å². The summed E-state index contributed by atoms with van der Waals surface area (Å²) >= 11 is 6.17. The second-order valence-corrected chi connectivity index (χ2v) is 5.10. The Bertz CT molecular complexity index is 672. The summed E-state index contributed by atoms with van der Waals surface area (Å²) in [6, 6.07) is 9.96. The van der Waals surface area contributed by atoms with Gasteiger partial charge in [0.2, 0.25) is 0 Å². The van der Waals surface area contributed by atoms with E-state index in [-0.39, 0.29) is 6.04 Å². The number of rotatable bonds is 2. The van der Waals surface area contributed by atoms with Gasteiger partial charge in [-0.15, -0.1) is 0 Å². The fraction of sp³-hybridized carbons (Fsp3) is 0.200. The Kier molecular flexibility index (Phi) is 3.32. The predicted octanol–water partition coefficient (Wildman–Crippen LogP) is 3.11. The molecule has 0 spiro atoms. The van der Waals surface area contributed by atoms with Crippen LogP contribution in [-0.4, -0.2) is 26.7 Å². The highest BCUT2D eigenvalue weighted by molar-refractivity contribution is 6.29. The molecule has 5 heteroatoms. The molecule has 0 aliphatic carbocycles. The molecule has 0 amide bonds. The lowest BCUT2D eigenvalue weighted by molar-refractivity contribution is 0.354. The minimum Gasteiger partial charge on any atom is -0.352 e.